The van der Waals surface area contributed by atoms with Gasteiger partial charge in [0.25, 0.3) is 0 Å². The molecule has 0 atom stereocenters. The standard InChI is InChI=1S/C15H15F3N2/c1-19-12-7-11(8-4-2-3-5-8)20-15-10(17)6-9(16)14(18)13(12)15/h6-8H,2-5H2,1H3,(H,19,20). The monoisotopic (exact) mass is 280 g/mol. The maximum absolute atomic E-state index is 13.9. The SMILES string of the molecule is CNc1cc(C2CCCC2)nc2c(F)cc(F)c(F)c12. The Morgan fingerprint density at radius 3 is 2.45 bits per heavy atom. The van der Waals surface area contributed by atoms with Crippen molar-refractivity contribution in [1.29, 1.82) is 0 Å². The summed E-state index contributed by atoms with van der Waals surface area (Å²) in [5.41, 5.74) is 1.04. The lowest BCUT2D eigenvalue weighted by atomic mass is 10.0. The maximum atomic E-state index is 13.9. The molecule has 1 aliphatic rings. The van der Waals surface area contributed by atoms with Gasteiger partial charge in [0.2, 0.25) is 0 Å². The van der Waals surface area contributed by atoms with E-state index in [9.17, 15) is 13.2 Å². The number of aromatic nitrogens is 1. The predicted octanol–water partition coefficient (Wildman–Crippen LogP) is 4.35. The highest BCUT2D eigenvalue weighted by atomic mass is 19.2. The first kappa shape index (κ1) is 13.2. The largest absolute Gasteiger partial charge is 0.387 e. The van der Waals surface area contributed by atoms with Gasteiger partial charge in [-0.05, 0) is 18.9 Å². The van der Waals surface area contributed by atoms with Crippen LogP contribution >= 0.6 is 0 Å². The Balaban J connectivity index is 2.28. The zero-order valence-electron chi connectivity index (χ0n) is 11.1. The van der Waals surface area contributed by atoms with E-state index in [1.54, 1.807) is 13.1 Å². The van der Waals surface area contributed by atoms with Crippen LogP contribution in [0.15, 0.2) is 12.1 Å². The van der Waals surface area contributed by atoms with E-state index in [0.29, 0.717) is 11.8 Å². The average molecular weight is 280 g/mol. The predicted molar refractivity (Wildman–Crippen MR) is 72.4 cm³/mol. The highest BCUT2D eigenvalue weighted by molar-refractivity contribution is 5.92. The van der Waals surface area contributed by atoms with Crippen molar-refractivity contribution in [3.63, 3.8) is 0 Å². The van der Waals surface area contributed by atoms with E-state index < -0.39 is 17.5 Å². The van der Waals surface area contributed by atoms with Crippen molar-refractivity contribution in [1.82, 2.24) is 4.98 Å². The number of nitrogens with zero attached hydrogens (tertiary/aromatic N) is 1. The summed E-state index contributed by atoms with van der Waals surface area (Å²) in [6, 6.07) is 2.27. The molecular weight excluding hydrogens is 265 g/mol. The second kappa shape index (κ2) is 4.96. The molecule has 3 rings (SSSR count). The van der Waals surface area contributed by atoms with E-state index in [4.69, 9.17) is 0 Å². The fraction of sp³-hybridized carbons (Fsp3) is 0.400. The molecule has 1 aromatic heterocycles. The summed E-state index contributed by atoms with van der Waals surface area (Å²) in [5, 5.41) is 2.70. The van der Waals surface area contributed by atoms with Crippen LogP contribution in [0.2, 0.25) is 0 Å². The molecule has 1 heterocycles. The molecule has 1 aliphatic carbocycles. The van der Waals surface area contributed by atoms with Crippen LogP contribution in [-0.2, 0) is 0 Å². The molecule has 106 valence electrons. The van der Waals surface area contributed by atoms with Crippen molar-refractivity contribution in [2.75, 3.05) is 12.4 Å². The molecule has 1 saturated carbocycles. The van der Waals surface area contributed by atoms with Gasteiger partial charge in [0.15, 0.2) is 17.5 Å². The molecular formula is C15H15F3N2. The van der Waals surface area contributed by atoms with Crippen molar-refractivity contribution in [2.24, 2.45) is 0 Å². The number of halogens is 3. The molecule has 5 heteroatoms. The molecule has 2 nitrogen and oxygen atoms in total. The highest BCUT2D eigenvalue weighted by Gasteiger charge is 2.23. The zero-order chi connectivity index (χ0) is 14.3. The van der Waals surface area contributed by atoms with E-state index in [1.165, 1.54) is 0 Å². The zero-order valence-corrected chi connectivity index (χ0v) is 11.1. The van der Waals surface area contributed by atoms with Crippen molar-refractivity contribution < 1.29 is 13.2 Å². The summed E-state index contributed by atoms with van der Waals surface area (Å²) in [6.07, 6.45) is 4.26. The van der Waals surface area contributed by atoms with Crippen LogP contribution < -0.4 is 5.32 Å². The van der Waals surface area contributed by atoms with Gasteiger partial charge in [-0.15, -0.1) is 0 Å². The first-order valence-corrected chi connectivity index (χ1v) is 6.77. The fourth-order valence-electron chi connectivity index (χ4n) is 2.95. The molecule has 1 N–H and O–H groups in total. The van der Waals surface area contributed by atoms with E-state index in [-0.39, 0.29) is 16.8 Å². The highest BCUT2D eigenvalue weighted by Crippen LogP contribution is 2.37. The molecule has 0 radical (unpaired) electrons. The van der Waals surface area contributed by atoms with Crippen LogP contribution in [0, 0.1) is 17.5 Å². The second-order valence-corrected chi connectivity index (χ2v) is 5.20. The number of pyridine rings is 1. The molecule has 0 aliphatic heterocycles. The normalized spacial score (nSPS) is 16.0. The van der Waals surface area contributed by atoms with Gasteiger partial charge in [-0.25, -0.2) is 18.2 Å². The summed E-state index contributed by atoms with van der Waals surface area (Å²) in [5.74, 6) is -2.80. The van der Waals surface area contributed by atoms with Crippen LogP contribution in [0.5, 0.6) is 0 Å². The smallest absolute Gasteiger partial charge is 0.170 e. The number of benzene rings is 1. The molecule has 1 fully saturated rings. The summed E-state index contributed by atoms with van der Waals surface area (Å²) in [6.45, 7) is 0. The summed E-state index contributed by atoms with van der Waals surface area (Å²) < 4.78 is 41.2. The summed E-state index contributed by atoms with van der Waals surface area (Å²) in [7, 11) is 1.61. The van der Waals surface area contributed by atoms with Gasteiger partial charge in [0.1, 0.15) is 5.52 Å². The first-order chi connectivity index (χ1) is 9.61. The quantitative estimate of drug-likeness (QED) is 0.827. The van der Waals surface area contributed by atoms with Gasteiger partial charge >= 0.3 is 0 Å². The van der Waals surface area contributed by atoms with Crippen molar-refractivity contribution in [2.45, 2.75) is 31.6 Å². The Labute approximate surface area is 115 Å². The Kier molecular flexibility index (Phi) is 3.28. The van der Waals surface area contributed by atoms with Crippen LogP contribution in [0.4, 0.5) is 18.9 Å². The fourth-order valence-corrected chi connectivity index (χ4v) is 2.95. The van der Waals surface area contributed by atoms with Crippen LogP contribution in [0.1, 0.15) is 37.3 Å². The number of anilines is 1. The van der Waals surface area contributed by atoms with Gasteiger partial charge < -0.3 is 5.32 Å². The van der Waals surface area contributed by atoms with E-state index in [1.807, 2.05) is 0 Å². The first-order valence-electron chi connectivity index (χ1n) is 6.77. The lowest BCUT2D eigenvalue weighted by Crippen LogP contribution is -2.04. The lowest BCUT2D eigenvalue weighted by Gasteiger charge is -2.14. The van der Waals surface area contributed by atoms with Gasteiger partial charge in [-0.1, -0.05) is 12.8 Å². The molecule has 0 saturated heterocycles. The minimum atomic E-state index is -1.19. The topological polar surface area (TPSA) is 24.9 Å². The molecule has 20 heavy (non-hydrogen) atoms. The number of hydrogen-bond acceptors (Lipinski definition) is 2. The minimum absolute atomic E-state index is 0.0994. The second-order valence-electron chi connectivity index (χ2n) is 5.20. The van der Waals surface area contributed by atoms with Crippen molar-refractivity contribution in [3.05, 3.63) is 35.3 Å². The Hall–Kier alpha value is -1.78. The van der Waals surface area contributed by atoms with Gasteiger partial charge in [-0.2, -0.15) is 0 Å². The van der Waals surface area contributed by atoms with Crippen LogP contribution in [0.25, 0.3) is 10.9 Å². The number of rotatable bonds is 2. The molecule has 0 amide bonds. The third kappa shape index (κ3) is 2.01. The summed E-state index contributed by atoms with van der Waals surface area (Å²) >= 11 is 0. The molecule has 2 aromatic rings. The minimum Gasteiger partial charge on any atom is -0.387 e. The van der Waals surface area contributed by atoms with E-state index in [0.717, 1.165) is 31.4 Å². The van der Waals surface area contributed by atoms with E-state index in [2.05, 4.69) is 10.3 Å². The lowest BCUT2D eigenvalue weighted by molar-refractivity contribution is 0.505. The molecule has 0 spiro atoms. The van der Waals surface area contributed by atoms with Crippen LogP contribution in [-0.4, -0.2) is 12.0 Å². The van der Waals surface area contributed by atoms with Gasteiger partial charge in [0, 0.05) is 30.4 Å². The third-order valence-electron chi connectivity index (χ3n) is 3.99. The third-order valence-corrected chi connectivity index (χ3v) is 3.99. The number of fused-ring (bicyclic) bond motifs is 1. The number of hydrogen-bond donors (Lipinski definition) is 1. The van der Waals surface area contributed by atoms with Crippen LogP contribution in [0.3, 0.4) is 0 Å². The average Bonchev–Trinajstić information content (AvgIpc) is 2.97. The Bertz CT molecular complexity index is 664. The Morgan fingerprint density at radius 2 is 1.80 bits per heavy atom. The van der Waals surface area contributed by atoms with Crippen molar-refractivity contribution >= 4 is 16.6 Å². The number of nitrogens with one attached hydrogen (secondary N) is 1. The maximum Gasteiger partial charge on any atom is 0.170 e. The molecule has 1 aromatic carbocycles. The molecule has 0 bridgehead atoms. The van der Waals surface area contributed by atoms with E-state index >= 15 is 0 Å². The van der Waals surface area contributed by atoms with Gasteiger partial charge in [-0.3, -0.25) is 0 Å². The van der Waals surface area contributed by atoms with Crippen molar-refractivity contribution in [3.8, 4) is 0 Å². The Morgan fingerprint density at radius 1 is 1.10 bits per heavy atom. The molecule has 0 unspecified atom stereocenters. The van der Waals surface area contributed by atoms with Gasteiger partial charge in [0.05, 0.1) is 5.39 Å². The summed E-state index contributed by atoms with van der Waals surface area (Å²) in [4.78, 5) is 4.25.